The summed E-state index contributed by atoms with van der Waals surface area (Å²) in [5.41, 5.74) is 7.76. The van der Waals surface area contributed by atoms with Gasteiger partial charge in [-0.2, -0.15) is 0 Å². The van der Waals surface area contributed by atoms with Crippen molar-refractivity contribution in [2.24, 2.45) is 5.73 Å². The number of aromatic nitrogens is 1. The smallest absolute Gasteiger partial charge is 0.325 e. The van der Waals surface area contributed by atoms with Gasteiger partial charge in [0.15, 0.2) is 0 Å². The second-order valence-corrected chi connectivity index (χ2v) is 4.95. The topological polar surface area (TPSA) is 88.5 Å². The summed E-state index contributed by atoms with van der Waals surface area (Å²) in [5, 5.41) is 19.9. The van der Waals surface area contributed by atoms with E-state index in [1.807, 2.05) is 25.3 Å². The lowest BCUT2D eigenvalue weighted by Gasteiger charge is -2.14. The molecule has 5 heteroatoms. The lowest BCUT2D eigenvalue weighted by Crippen LogP contribution is -2.21. The Morgan fingerprint density at radius 3 is 2.53 bits per heavy atom. The number of carboxylic acids is 1. The normalized spacial score (nSPS) is 13.1. The van der Waals surface area contributed by atoms with Crippen LogP contribution in [-0.4, -0.2) is 20.7 Å². The van der Waals surface area contributed by atoms with Crippen LogP contribution in [0.2, 0.25) is 0 Å². The standard InChI is InChI=1S/C14H18N2O3/c1-7(2)16-8(3)11(12(15)14(18)19)9-5-4-6-10(17)13(9)16/h4-7,12,17H,15H2,1-3H3,(H,18,19). The first-order valence-electron chi connectivity index (χ1n) is 6.17. The number of phenolic OH excluding ortho intramolecular Hbond substituents is 1. The maximum Gasteiger partial charge on any atom is 0.325 e. The summed E-state index contributed by atoms with van der Waals surface area (Å²) in [5.74, 6) is -0.938. The molecule has 0 saturated carbocycles. The Morgan fingerprint density at radius 1 is 1.37 bits per heavy atom. The third-order valence-corrected chi connectivity index (χ3v) is 3.39. The number of para-hydroxylation sites is 1. The van der Waals surface area contributed by atoms with Crippen molar-refractivity contribution in [3.63, 3.8) is 0 Å². The molecule has 5 nitrogen and oxygen atoms in total. The van der Waals surface area contributed by atoms with Gasteiger partial charge in [-0.05, 0) is 26.8 Å². The molecule has 1 aromatic carbocycles. The molecule has 0 radical (unpaired) electrons. The molecule has 0 saturated heterocycles. The number of carbonyl (C=O) groups is 1. The minimum atomic E-state index is -1.09. The minimum Gasteiger partial charge on any atom is -0.506 e. The molecule has 0 fully saturated rings. The van der Waals surface area contributed by atoms with Crippen LogP contribution in [0, 0.1) is 6.92 Å². The fraction of sp³-hybridized carbons (Fsp3) is 0.357. The number of hydrogen-bond acceptors (Lipinski definition) is 3. The van der Waals surface area contributed by atoms with Crippen molar-refractivity contribution >= 4 is 16.9 Å². The van der Waals surface area contributed by atoms with Crippen molar-refractivity contribution < 1.29 is 15.0 Å². The number of nitrogens with zero attached hydrogens (tertiary/aromatic N) is 1. The highest BCUT2D eigenvalue weighted by Gasteiger charge is 2.25. The Labute approximate surface area is 111 Å². The van der Waals surface area contributed by atoms with Crippen molar-refractivity contribution in [3.8, 4) is 5.75 Å². The Balaban J connectivity index is 2.89. The van der Waals surface area contributed by atoms with Gasteiger partial charge in [-0.1, -0.05) is 12.1 Å². The fourth-order valence-electron chi connectivity index (χ4n) is 2.66. The largest absolute Gasteiger partial charge is 0.506 e. The summed E-state index contributed by atoms with van der Waals surface area (Å²) in [4.78, 5) is 11.2. The van der Waals surface area contributed by atoms with Crippen molar-refractivity contribution in [3.05, 3.63) is 29.5 Å². The van der Waals surface area contributed by atoms with Gasteiger partial charge in [-0.3, -0.25) is 4.79 Å². The highest BCUT2D eigenvalue weighted by Crippen LogP contribution is 2.36. The average Bonchev–Trinajstić information content (AvgIpc) is 2.62. The summed E-state index contributed by atoms with van der Waals surface area (Å²) < 4.78 is 1.92. The number of nitrogens with two attached hydrogens (primary N) is 1. The number of benzene rings is 1. The summed E-state index contributed by atoms with van der Waals surface area (Å²) in [6.45, 7) is 5.79. The van der Waals surface area contributed by atoms with E-state index in [-0.39, 0.29) is 11.8 Å². The van der Waals surface area contributed by atoms with E-state index in [0.717, 1.165) is 5.69 Å². The lowest BCUT2D eigenvalue weighted by atomic mass is 10.0. The zero-order valence-electron chi connectivity index (χ0n) is 11.2. The van der Waals surface area contributed by atoms with Gasteiger partial charge in [-0.15, -0.1) is 0 Å². The van der Waals surface area contributed by atoms with E-state index in [4.69, 9.17) is 10.8 Å². The van der Waals surface area contributed by atoms with Gasteiger partial charge in [0.05, 0.1) is 5.52 Å². The predicted octanol–water partition coefficient (Wildman–Crippen LogP) is 2.32. The summed E-state index contributed by atoms with van der Waals surface area (Å²) in [7, 11) is 0. The van der Waals surface area contributed by atoms with Crippen LogP contribution in [0.25, 0.3) is 10.9 Å². The first-order valence-corrected chi connectivity index (χ1v) is 6.17. The molecular formula is C14H18N2O3. The Bertz CT molecular complexity index is 644. The van der Waals surface area contributed by atoms with Crippen LogP contribution in [0.4, 0.5) is 0 Å². The predicted molar refractivity (Wildman–Crippen MR) is 73.3 cm³/mol. The van der Waals surface area contributed by atoms with Gasteiger partial charge in [-0.25, -0.2) is 0 Å². The third-order valence-electron chi connectivity index (χ3n) is 3.39. The molecule has 0 aliphatic carbocycles. The number of rotatable bonds is 3. The second-order valence-electron chi connectivity index (χ2n) is 4.95. The van der Waals surface area contributed by atoms with E-state index >= 15 is 0 Å². The molecule has 2 aromatic rings. The molecule has 4 N–H and O–H groups in total. The summed E-state index contributed by atoms with van der Waals surface area (Å²) in [6, 6.07) is 4.09. The van der Waals surface area contributed by atoms with E-state index in [0.29, 0.717) is 16.5 Å². The number of hydrogen-bond donors (Lipinski definition) is 3. The molecule has 0 spiro atoms. The van der Waals surface area contributed by atoms with Crippen LogP contribution < -0.4 is 5.73 Å². The van der Waals surface area contributed by atoms with Crippen LogP contribution in [0.5, 0.6) is 5.75 Å². The molecular weight excluding hydrogens is 244 g/mol. The molecule has 0 amide bonds. The SMILES string of the molecule is Cc1c(C(N)C(=O)O)c2cccc(O)c2n1C(C)C. The summed E-state index contributed by atoms with van der Waals surface area (Å²) >= 11 is 0. The van der Waals surface area contributed by atoms with Crippen LogP contribution in [0.15, 0.2) is 18.2 Å². The Morgan fingerprint density at radius 2 is 2.00 bits per heavy atom. The van der Waals surface area contributed by atoms with Crippen molar-refractivity contribution in [1.29, 1.82) is 0 Å². The zero-order valence-corrected chi connectivity index (χ0v) is 11.2. The van der Waals surface area contributed by atoms with Crippen LogP contribution >= 0.6 is 0 Å². The molecule has 0 bridgehead atoms. The highest BCUT2D eigenvalue weighted by atomic mass is 16.4. The number of phenols is 1. The van der Waals surface area contributed by atoms with Gasteiger partial charge in [0.1, 0.15) is 11.8 Å². The van der Waals surface area contributed by atoms with E-state index in [1.165, 1.54) is 0 Å². The molecule has 19 heavy (non-hydrogen) atoms. The van der Waals surface area contributed by atoms with Gasteiger partial charge in [0.2, 0.25) is 0 Å². The number of carboxylic acid groups (broad SMARTS) is 1. The molecule has 1 unspecified atom stereocenters. The van der Waals surface area contributed by atoms with Crippen LogP contribution in [-0.2, 0) is 4.79 Å². The van der Waals surface area contributed by atoms with Crippen LogP contribution in [0.1, 0.15) is 37.2 Å². The zero-order chi connectivity index (χ0) is 14.3. The molecule has 102 valence electrons. The Hall–Kier alpha value is -2.01. The number of aromatic hydroxyl groups is 1. The van der Waals surface area contributed by atoms with E-state index in [2.05, 4.69) is 0 Å². The van der Waals surface area contributed by atoms with Gasteiger partial charge >= 0.3 is 5.97 Å². The molecule has 0 aliphatic rings. The Kier molecular flexibility index (Phi) is 3.24. The van der Waals surface area contributed by atoms with E-state index in [9.17, 15) is 9.90 Å². The molecule has 1 atom stereocenters. The van der Waals surface area contributed by atoms with Gasteiger partial charge in [0, 0.05) is 22.7 Å². The lowest BCUT2D eigenvalue weighted by molar-refractivity contribution is -0.138. The van der Waals surface area contributed by atoms with Crippen molar-refractivity contribution in [2.75, 3.05) is 0 Å². The molecule has 0 aliphatic heterocycles. The second kappa shape index (κ2) is 4.59. The van der Waals surface area contributed by atoms with E-state index in [1.54, 1.807) is 18.2 Å². The maximum absolute atomic E-state index is 11.2. The highest BCUT2D eigenvalue weighted by molar-refractivity contribution is 5.94. The molecule has 2 rings (SSSR count). The summed E-state index contributed by atoms with van der Waals surface area (Å²) in [6.07, 6.45) is 0. The van der Waals surface area contributed by atoms with Gasteiger partial charge in [0.25, 0.3) is 0 Å². The van der Waals surface area contributed by atoms with Crippen molar-refractivity contribution in [1.82, 2.24) is 4.57 Å². The van der Waals surface area contributed by atoms with E-state index < -0.39 is 12.0 Å². The average molecular weight is 262 g/mol. The minimum absolute atomic E-state index is 0.102. The van der Waals surface area contributed by atoms with Crippen molar-refractivity contribution in [2.45, 2.75) is 32.9 Å². The quantitative estimate of drug-likeness (QED) is 0.792. The maximum atomic E-state index is 11.2. The monoisotopic (exact) mass is 262 g/mol. The van der Waals surface area contributed by atoms with Gasteiger partial charge < -0.3 is 20.5 Å². The molecule has 1 heterocycles. The first kappa shape index (κ1) is 13.4. The number of aliphatic carboxylic acids is 1. The molecule has 1 aromatic heterocycles. The number of fused-ring (bicyclic) bond motifs is 1. The third kappa shape index (κ3) is 1.96. The fourth-order valence-corrected chi connectivity index (χ4v) is 2.66. The first-order chi connectivity index (χ1) is 8.86. The van der Waals surface area contributed by atoms with Crippen LogP contribution in [0.3, 0.4) is 0 Å².